The molecule has 218 valence electrons. The van der Waals surface area contributed by atoms with Gasteiger partial charge in [-0.25, -0.2) is 17.5 Å². The van der Waals surface area contributed by atoms with Crippen molar-refractivity contribution in [2.45, 2.75) is 31.7 Å². The molecule has 8 nitrogen and oxygen atoms in total. The van der Waals surface area contributed by atoms with Crippen molar-refractivity contribution in [1.82, 2.24) is 15.4 Å². The quantitative estimate of drug-likeness (QED) is 0.257. The Labute approximate surface area is 243 Å². The summed E-state index contributed by atoms with van der Waals surface area (Å²) in [5.74, 6) is 0.577. The summed E-state index contributed by atoms with van der Waals surface area (Å²) < 4.78 is 45.9. The molecule has 3 aromatic carbocycles. The smallest absolute Gasteiger partial charge is 0.255 e. The molecule has 10 heteroatoms. The summed E-state index contributed by atoms with van der Waals surface area (Å²) in [6.07, 6.45) is 3.47. The first-order valence-electron chi connectivity index (χ1n) is 13.9. The SMILES string of the molecule is CNC(=O)c1c(-c2ccc(F)cc2)oc2cc(CCNS(C)(=O)=O)c(-c3cccc(C(=O)NC45CC(C4)[C@@H]5C)c3)cc12. The Morgan fingerprint density at radius 1 is 1.02 bits per heavy atom. The lowest BCUT2D eigenvalue weighted by atomic mass is 9.43. The molecule has 2 amide bonds. The molecule has 4 aromatic rings. The van der Waals surface area contributed by atoms with Gasteiger partial charge in [-0.2, -0.15) is 0 Å². The number of benzene rings is 3. The predicted octanol–water partition coefficient (Wildman–Crippen LogP) is 4.89. The van der Waals surface area contributed by atoms with Gasteiger partial charge in [-0.1, -0.05) is 19.1 Å². The van der Waals surface area contributed by atoms with E-state index in [0.717, 1.165) is 35.8 Å². The third kappa shape index (κ3) is 4.98. The number of fused-ring (bicyclic) bond motifs is 1. The van der Waals surface area contributed by atoms with Crippen LogP contribution in [0, 0.1) is 17.7 Å². The molecule has 0 aliphatic heterocycles. The van der Waals surface area contributed by atoms with Crippen LogP contribution in [0.25, 0.3) is 33.4 Å². The number of hydrogen-bond donors (Lipinski definition) is 3. The van der Waals surface area contributed by atoms with Gasteiger partial charge in [0.1, 0.15) is 17.2 Å². The number of halogens is 1. The molecule has 3 aliphatic rings. The predicted molar refractivity (Wildman–Crippen MR) is 159 cm³/mol. The fraction of sp³-hybridized carbons (Fsp3) is 0.312. The van der Waals surface area contributed by atoms with Gasteiger partial charge in [0.15, 0.2) is 0 Å². The van der Waals surface area contributed by atoms with E-state index in [-0.39, 0.29) is 23.9 Å². The monoisotopic (exact) mass is 589 g/mol. The van der Waals surface area contributed by atoms with E-state index in [2.05, 4.69) is 22.3 Å². The zero-order valence-corrected chi connectivity index (χ0v) is 24.4. The zero-order valence-electron chi connectivity index (χ0n) is 23.6. The van der Waals surface area contributed by atoms with Crippen molar-refractivity contribution in [2.75, 3.05) is 19.8 Å². The van der Waals surface area contributed by atoms with E-state index in [0.29, 0.717) is 51.7 Å². The summed E-state index contributed by atoms with van der Waals surface area (Å²) in [7, 11) is -1.89. The van der Waals surface area contributed by atoms with Gasteiger partial charge in [-0.05, 0) is 96.3 Å². The van der Waals surface area contributed by atoms with Crippen LogP contribution in [0.15, 0.2) is 65.1 Å². The Bertz CT molecular complexity index is 1820. The summed E-state index contributed by atoms with van der Waals surface area (Å²) >= 11 is 0. The third-order valence-corrected chi connectivity index (χ3v) is 9.59. The van der Waals surface area contributed by atoms with Gasteiger partial charge in [-0.15, -0.1) is 0 Å². The van der Waals surface area contributed by atoms with Crippen molar-refractivity contribution >= 4 is 32.8 Å². The largest absolute Gasteiger partial charge is 0.455 e. The van der Waals surface area contributed by atoms with Gasteiger partial charge in [0.25, 0.3) is 11.8 Å². The Hall–Kier alpha value is -4.02. The molecule has 42 heavy (non-hydrogen) atoms. The lowest BCUT2D eigenvalue weighted by Gasteiger charge is -2.67. The Kier molecular flexibility index (Phi) is 6.93. The topological polar surface area (TPSA) is 118 Å². The van der Waals surface area contributed by atoms with Crippen LogP contribution in [0.3, 0.4) is 0 Å². The Balaban J connectivity index is 1.45. The molecule has 1 atom stereocenters. The van der Waals surface area contributed by atoms with Crippen LogP contribution in [-0.4, -0.2) is 45.6 Å². The standard InChI is InChI=1S/C32H32FN3O5S/c1-18-23-16-32(18,17-23)36-30(37)22-6-4-5-20(13-22)25-15-26-27(14-21(25)11-12-35-42(3,39)40)41-29(28(26)31(38)34-2)19-7-9-24(33)10-8-19/h4-10,13-15,18,23,35H,11-12,16-17H2,1-3H3,(H,34,38)(H,36,37)/t18-,23?,32?/m0/s1. The molecule has 3 N–H and O–H groups in total. The average Bonchev–Trinajstić information content (AvgIpc) is 3.32. The number of furan rings is 1. The van der Waals surface area contributed by atoms with Crippen LogP contribution in [0.1, 0.15) is 46.0 Å². The highest BCUT2D eigenvalue weighted by atomic mass is 32.2. The second kappa shape index (κ2) is 10.4. The number of hydrogen-bond acceptors (Lipinski definition) is 5. The van der Waals surface area contributed by atoms with Crippen LogP contribution in [-0.2, 0) is 16.4 Å². The highest BCUT2D eigenvalue weighted by molar-refractivity contribution is 7.88. The van der Waals surface area contributed by atoms with Crippen molar-refractivity contribution in [2.24, 2.45) is 11.8 Å². The van der Waals surface area contributed by atoms with Crippen molar-refractivity contribution in [3.05, 3.63) is 83.2 Å². The highest BCUT2D eigenvalue weighted by Crippen LogP contribution is 2.61. The molecule has 3 fully saturated rings. The van der Waals surface area contributed by atoms with Gasteiger partial charge in [-0.3, -0.25) is 9.59 Å². The van der Waals surface area contributed by atoms with Crippen LogP contribution >= 0.6 is 0 Å². The first-order chi connectivity index (χ1) is 20.0. The van der Waals surface area contributed by atoms with Gasteiger partial charge in [0, 0.05) is 35.6 Å². The molecule has 1 heterocycles. The lowest BCUT2D eigenvalue weighted by molar-refractivity contribution is -0.118. The average molecular weight is 590 g/mol. The van der Waals surface area contributed by atoms with Crippen LogP contribution in [0.5, 0.6) is 0 Å². The van der Waals surface area contributed by atoms with E-state index in [9.17, 15) is 22.4 Å². The molecule has 1 aromatic heterocycles. The molecule has 0 saturated heterocycles. The zero-order chi connectivity index (χ0) is 29.8. The summed E-state index contributed by atoms with van der Waals surface area (Å²) in [6.45, 7) is 2.32. The second-order valence-electron chi connectivity index (χ2n) is 11.5. The van der Waals surface area contributed by atoms with Crippen molar-refractivity contribution in [3.63, 3.8) is 0 Å². The Morgan fingerprint density at radius 2 is 1.76 bits per heavy atom. The third-order valence-electron chi connectivity index (χ3n) is 8.86. The first-order valence-corrected chi connectivity index (χ1v) is 15.8. The van der Waals surface area contributed by atoms with Crippen LogP contribution in [0.2, 0.25) is 0 Å². The molecule has 7 rings (SSSR count). The molecular formula is C32H32FN3O5S. The Morgan fingerprint density at radius 3 is 2.38 bits per heavy atom. The number of carbonyl (C=O) groups is 2. The van der Waals surface area contributed by atoms with E-state index < -0.39 is 15.8 Å². The second-order valence-corrected chi connectivity index (χ2v) is 13.3. The van der Waals surface area contributed by atoms with E-state index in [1.165, 1.54) is 19.2 Å². The minimum Gasteiger partial charge on any atom is -0.455 e. The van der Waals surface area contributed by atoms with Crippen molar-refractivity contribution < 1.29 is 26.8 Å². The van der Waals surface area contributed by atoms with E-state index >= 15 is 0 Å². The molecule has 0 spiro atoms. The molecule has 2 bridgehead atoms. The molecular weight excluding hydrogens is 557 g/mol. The number of sulfonamides is 1. The van der Waals surface area contributed by atoms with Gasteiger partial charge in [0.05, 0.1) is 11.8 Å². The molecule has 3 saturated carbocycles. The fourth-order valence-corrected chi connectivity index (χ4v) is 6.73. The van der Waals surface area contributed by atoms with Crippen molar-refractivity contribution in [3.8, 4) is 22.5 Å². The van der Waals surface area contributed by atoms with Crippen LogP contribution < -0.4 is 15.4 Å². The molecule has 3 aliphatic carbocycles. The van der Waals surface area contributed by atoms with Gasteiger partial charge in [0.2, 0.25) is 10.0 Å². The van der Waals surface area contributed by atoms with E-state index in [4.69, 9.17) is 4.42 Å². The fourth-order valence-electron chi connectivity index (χ4n) is 6.26. The summed E-state index contributed by atoms with van der Waals surface area (Å²) in [5, 5.41) is 6.46. The maximum absolute atomic E-state index is 13.7. The number of carbonyl (C=O) groups excluding carboxylic acids is 2. The summed E-state index contributed by atoms with van der Waals surface area (Å²) in [5.41, 5.74) is 3.94. The minimum absolute atomic E-state index is 0.102. The maximum atomic E-state index is 13.7. The van der Waals surface area contributed by atoms with E-state index in [1.807, 2.05) is 24.3 Å². The highest BCUT2D eigenvalue weighted by Gasteiger charge is 2.63. The summed E-state index contributed by atoms with van der Waals surface area (Å²) in [4.78, 5) is 26.4. The van der Waals surface area contributed by atoms with Crippen molar-refractivity contribution in [1.29, 1.82) is 0 Å². The molecule has 0 unspecified atom stereocenters. The van der Waals surface area contributed by atoms with Gasteiger partial charge < -0.3 is 15.1 Å². The number of rotatable bonds is 9. The number of nitrogens with one attached hydrogen (secondary N) is 3. The maximum Gasteiger partial charge on any atom is 0.255 e. The lowest BCUT2D eigenvalue weighted by Crippen LogP contribution is -2.74. The van der Waals surface area contributed by atoms with Gasteiger partial charge >= 0.3 is 0 Å². The number of amides is 2. The normalized spacial score (nSPS) is 21.0. The van der Waals surface area contributed by atoms with Crippen LogP contribution in [0.4, 0.5) is 4.39 Å². The van der Waals surface area contributed by atoms with E-state index in [1.54, 1.807) is 24.3 Å². The minimum atomic E-state index is -3.41. The molecule has 0 radical (unpaired) electrons. The summed E-state index contributed by atoms with van der Waals surface area (Å²) in [6, 6.07) is 16.6. The first kappa shape index (κ1) is 28.1.